The molecule has 0 aromatic rings. The zero-order chi connectivity index (χ0) is 33.8. The van der Waals surface area contributed by atoms with E-state index >= 15 is 0 Å². The summed E-state index contributed by atoms with van der Waals surface area (Å²) >= 11 is -0.578. The Hall–Kier alpha value is 0.439. The number of carbonyl (C=O) groups is 2. The van der Waals surface area contributed by atoms with Gasteiger partial charge in [0.05, 0.1) is 0 Å². The fourth-order valence-corrected chi connectivity index (χ4v) is 18.1. The predicted molar refractivity (Wildman–Crippen MR) is 205 cm³/mol. The Balaban J connectivity index is 5.78. The van der Waals surface area contributed by atoms with Crippen molar-refractivity contribution in [1.29, 1.82) is 0 Å². The number of thioether (sulfide) groups is 2. The molecule has 0 aliphatic rings. The second-order valence-corrected chi connectivity index (χ2v) is 25.5. The fraction of sp³-hybridized carbons (Fsp3) is 0.947. The quantitative estimate of drug-likeness (QED) is 0.0501. The van der Waals surface area contributed by atoms with E-state index in [1.54, 1.807) is 23.5 Å². The van der Waals surface area contributed by atoms with Crippen molar-refractivity contribution in [2.24, 2.45) is 11.8 Å². The van der Waals surface area contributed by atoms with Gasteiger partial charge >= 0.3 is 297 Å². The van der Waals surface area contributed by atoms with Crippen LogP contribution in [-0.2, 0) is 15.7 Å². The van der Waals surface area contributed by atoms with E-state index < -0.39 is 19.2 Å². The van der Waals surface area contributed by atoms with Crippen molar-refractivity contribution in [2.45, 2.75) is 203 Å². The van der Waals surface area contributed by atoms with Crippen LogP contribution in [0.25, 0.3) is 0 Å². The third-order valence-electron chi connectivity index (χ3n) is 9.31. The van der Waals surface area contributed by atoms with Crippen LogP contribution in [0.15, 0.2) is 0 Å². The first-order valence-corrected chi connectivity index (χ1v) is 27.9. The molecule has 0 aromatic carbocycles. The van der Waals surface area contributed by atoms with Crippen LogP contribution in [0.5, 0.6) is 0 Å². The average Bonchev–Trinajstić information content (AvgIpc) is 3.04. The molecule has 0 amide bonds. The zero-order valence-electron chi connectivity index (χ0n) is 31.2. The Bertz CT molecular complexity index is 649. The Morgan fingerprint density at radius 1 is 0.511 bits per heavy atom. The second-order valence-electron chi connectivity index (χ2n) is 13.6. The van der Waals surface area contributed by atoms with Crippen LogP contribution < -0.4 is 0 Å². The summed E-state index contributed by atoms with van der Waals surface area (Å²) in [6, 6.07) is 0. The maximum atomic E-state index is 13.7. The Labute approximate surface area is 295 Å². The van der Waals surface area contributed by atoms with Crippen LogP contribution in [0.2, 0.25) is 8.87 Å². The summed E-state index contributed by atoms with van der Waals surface area (Å²) in [5.74, 6) is 3.02. The van der Waals surface area contributed by atoms with Crippen molar-refractivity contribution in [1.82, 2.24) is 0 Å². The molecule has 0 saturated heterocycles. The van der Waals surface area contributed by atoms with Gasteiger partial charge in [-0.25, -0.2) is 0 Å². The number of hydrogen-bond donors (Lipinski definition) is 0. The molecule has 7 heteroatoms. The maximum absolute atomic E-state index is 13.7. The minimum atomic E-state index is -4.06. The van der Waals surface area contributed by atoms with Gasteiger partial charge in [-0.2, -0.15) is 0 Å². The van der Waals surface area contributed by atoms with Gasteiger partial charge in [0.1, 0.15) is 0 Å². The Morgan fingerprint density at radius 3 is 1.18 bits per heavy atom. The van der Waals surface area contributed by atoms with Gasteiger partial charge in [0, 0.05) is 0 Å². The summed E-state index contributed by atoms with van der Waals surface area (Å²) < 4.78 is 14.9. The van der Waals surface area contributed by atoms with Gasteiger partial charge in [-0.05, 0) is 0 Å². The molecule has 0 heterocycles. The SMILES string of the molecule is CCCCCCC[CH2][Sn]([CH2]CCCCCCC)([O]C(=O)C(C)SCC(CC)CCCC)[O]C(=O)C(C)SCC(CC)CCCC. The average molecular weight is 780 g/mol. The first-order chi connectivity index (χ1) is 21.7. The topological polar surface area (TPSA) is 52.6 Å². The van der Waals surface area contributed by atoms with Crippen LogP contribution in [0.4, 0.5) is 0 Å². The van der Waals surface area contributed by atoms with Crippen molar-refractivity contribution in [3.63, 3.8) is 0 Å². The molecule has 4 unspecified atom stereocenters. The molecule has 0 saturated carbocycles. The van der Waals surface area contributed by atoms with Gasteiger partial charge < -0.3 is 0 Å². The van der Waals surface area contributed by atoms with Gasteiger partial charge in [-0.1, -0.05) is 0 Å². The number of carbonyl (C=O) groups excluding carboxylic acids is 2. The van der Waals surface area contributed by atoms with E-state index in [0.29, 0.717) is 11.8 Å². The van der Waals surface area contributed by atoms with Crippen molar-refractivity contribution in [3.05, 3.63) is 0 Å². The molecular weight excluding hydrogens is 703 g/mol. The number of unbranched alkanes of at least 4 members (excludes halogenated alkanes) is 12. The molecule has 0 aliphatic heterocycles. The molecule has 0 radical (unpaired) electrons. The van der Waals surface area contributed by atoms with Crippen LogP contribution in [0.3, 0.4) is 0 Å². The Morgan fingerprint density at radius 2 is 0.844 bits per heavy atom. The molecule has 268 valence electrons. The van der Waals surface area contributed by atoms with E-state index in [-0.39, 0.29) is 22.4 Å². The molecule has 0 spiro atoms. The first-order valence-electron chi connectivity index (χ1n) is 19.4. The molecule has 4 atom stereocenters. The molecule has 45 heavy (non-hydrogen) atoms. The van der Waals surface area contributed by atoms with Gasteiger partial charge in [-0.15, -0.1) is 0 Å². The molecular formula is C38H76O4S2Sn. The van der Waals surface area contributed by atoms with E-state index in [2.05, 4.69) is 41.5 Å². The third kappa shape index (κ3) is 23.4. The van der Waals surface area contributed by atoms with Crippen molar-refractivity contribution >= 4 is 54.7 Å². The minimum absolute atomic E-state index is 0.128. The van der Waals surface area contributed by atoms with Gasteiger partial charge in [0.25, 0.3) is 0 Å². The van der Waals surface area contributed by atoms with Gasteiger partial charge in [-0.3, -0.25) is 0 Å². The number of rotatable bonds is 32. The normalized spacial score (nSPS) is 14.6. The first kappa shape index (κ1) is 45.4. The van der Waals surface area contributed by atoms with E-state index in [0.717, 1.165) is 58.9 Å². The summed E-state index contributed by atoms with van der Waals surface area (Å²) in [6.45, 7) is 17.5. The fourth-order valence-electron chi connectivity index (χ4n) is 5.73. The van der Waals surface area contributed by atoms with Crippen LogP contribution in [-0.4, -0.2) is 53.1 Å². The van der Waals surface area contributed by atoms with Crippen LogP contribution in [0, 0.1) is 11.8 Å². The van der Waals surface area contributed by atoms with Crippen molar-refractivity contribution < 1.29 is 15.7 Å². The van der Waals surface area contributed by atoms with Gasteiger partial charge in [0.15, 0.2) is 0 Å². The summed E-state index contributed by atoms with van der Waals surface area (Å²) in [5, 5.41) is -0.444. The second kappa shape index (κ2) is 30.5. The molecule has 0 rings (SSSR count). The van der Waals surface area contributed by atoms with Crippen molar-refractivity contribution in [2.75, 3.05) is 11.5 Å². The summed E-state index contributed by atoms with van der Waals surface area (Å²) in [6.07, 6.45) is 23.9. The standard InChI is InChI=1S/2C11H22O2S.2C8H17.Sn/c2*1-4-6-7-10(5-2)8-14-9(3)11(12)13;2*1-3-5-7-8-6-4-2;/h2*9-10H,4-8H2,1-3H3,(H,12,13);2*1,3-8H2,2H3;/q;;;;+2/p-2. The predicted octanol–water partition coefficient (Wildman–Crippen LogP) is 12.9. The molecule has 0 N–H and O–H groups in total. The van der Waals surface area contributed by atoms with Gasteiger partial charge in [0.2, 0.25) is 0 Å². The van der Waals surface area contributed by atoms with Crippen LogP contribution in [0.1, 0.15) is 184 Å². The molecule has 0 bridgehead atoms. The summed E-state index contributed by atoms with van der Waals surface area (Å²) in [5.41, 5.74) is 0. The monoisotopic (exact) mass is 780 g/mol. The summed E-state index contributed by atoms with van der Waals surface area (Å²) in [7, 11) is 0. The van der Waals surface area contributed by atoms with E-state index in [4.69, 9.17) is 6.15 Å². The van der Waals surface area contributed by atoms with Crippen molar-refractivity contribution in [3.8, 4) is 0 Å². The molecule has 4 nitrogen and oxygen atoms in total. The van der Waals surface area contributed by atoms with Crippen LogP contribution >= 0.6 is 23.5 Å². The molecule has 0 aromatic heterocycles. The van der Waals surface area contributed by atoms with E-state index in [9.17, 15) is 9.59 Å². The van der Waals surface area contributed by atoms with E-state index in [1.807, 2.05) is 13.8 Å². The summed E-state index contributed by atoms with van der Waals surface area (Å²) in [4.78, 5) is 27.5. The Kier molecular flexibility index (Phi) is 30.8. The van der Waals surface area contributed by atoms with E-state index in [1.165, 1.54) is 89.9 Å². The zero-order valence-corrected chi connectivity index (χ0v) is 35.7. The molecule has 0 fully saturated rings. The number of hydrogen-bond acceptors (Lipinski definition) is 6. The molecule has 0 aliphatic carbocycles. The third-order valence-corrected chi connectivity index (χ3v) is 21.7.